The second kappa shape index (κ2) is 11.5. The van der Waals surface area contributed by atoms with Crippen LogP contribution in [-0.4, -0.2) is 75.9 Å². The number of thiol groups is 2. The van der Waals surface area contributed by atoms with Gasteiger partial charge in [-0.25, -0.2) is 4.79 Å². The van der Waals surface area contributed by atoms with E-state index in [1.165, 1.54) is 4.90 Å². The van der Waals surface area contributed by atoms with Crippen LogP contribution in [0.15, 0.2) is 0 Å². The lowest BCUT2D eigenvalue weighted by molar-refractivity contribution is -0.149. The molecule has 28 heavy (non-hydrogen) atoms. The first-order valence-electron chi connectivity index (χ1n) is 9.23. The Hall–Kier alpha value is -1.46. The summed E-state index contributed by atoms with van der Waals surface area (Å²) in [6.07, 6.45) is 1.42. The minimum absolute atomic E-state index is 0.00643. The summed E-state index contributed by atoms with van der Waals surface area (Å²) in [5, 5.41) is 14.3. The number of nitrogens with two attached hydrogens (primary N) is 1. The zero-order chi connectivity index (χ0) is 21.4. The topological polar surface area (TPSA) is 142 Å². The third kappa shape index (κ3) is 6.85. The van der Waals surface area contributed by atoms with Crippen LogP contribution in [0.2, 0.25) is 0 Å². The van der Waals surface area contributed by atoms with E-state index in [-0.39, 0.29) is 17.4 Å². The molecule has 1 aliphatic rings. The van der Waals surface area contributed by atoms with Gasteiger partial charge < -0.3 is 26.4 Å². The molecule has 11 heteroatoms. The van der Waals surface area contributed by atoms with Gasteiger partial charge in [0.1, 0.15) is 18.1 Å². The molecule has 1 heterocycles. The average Bonchev–Trinajstić information content (AvgIpc) is 3.12. The number of nitrogens with one attached hydrogen (secondary N) is 2. The number of nitrogens with zero attached hydrogens (tertiary/aromatic N) is 1. The number of carbonyl (C=O) groups is 4. The van der Waals surface area contributed by atoms with Gasteiger partial charge in [0.05, 0.1) is 6.04 Å². The van der Waals surface area contributed by atoms with E-state index in [2.05, 4.69) is 35.9 Å². The molecule has 0 aromatic heterocycles. The molecule has 0 bridgehead atoms. The molecule has 0 radical (unpaired) electrons. The molecule has 4 atom stereocenters. The first-order valence-corrected chi connectivity index (χ1v) is 10.5. The summed E-state index contributed by atoms with van der Waals surface area (Å²) < 4.78 is 0. The minimum atomic E-state index is -1.07. The first-order chi connectivity index (χ1) is 13.1. The second-order valence-corrected chi connectivity index (χ2v) is 7.98. The maximum Gasteiger partial charge on any atom is 0.326 e. The molecule has 9 nitrogen and oxygen atoms in total. The summed E-state index contributed by atoms with van der Waals surface area (Å²) in [4.78, 5) is 49.9. The van der Waals surface area contributed by atoms with E-state index < -0.39 is 47.9 Å². The summed E-state index contributed by atoms with van der Waals surface area (Å²) in [6.45, 7) is 4.18. The zero-order valence-electron chi connectivity index (χ0n) is 16.1. The van der Waals surface area contributed by atoms with Crippen molar-refractivity contribution in [2.24, 2.45) is 11.7 Å². The number of amides is 3. The Labute approximate surface area is 176 Å². The molecule has 4 unspecified atom stereocenters. The standard InChI is InChI=1S/C17H30N4O5S2/c1-9(2)6-10(18)14(22)19-11(7-27)15(23)20-12(8-28)16(24)21-5-3-4-13(21)17(25)26/h9-13,27-28H,3-8,18H2,1-2H3,(H,19,22)(H,20,23)(H,25,26). The fourth-order valence-corrected chi connectivity index (χ4v) is 3.54. The Kier molecular flexibility index (Phi) is 10.1. The predicted molar refractivity (Wildman–Crippen MR) is 111 cm³/mol. The molecule has 0 aromatic rings. The van der Waals surface area contributed by atoms with E-state index in [0.29, 0.717) is 25.8 Å². The van der Waals surface area contributed by atoms with Crippen molar-refractivity contribution in [3.63, 3.8) is 0 Å². The van der Waals surface area contributed by atoms with Gasteiger partial charge in [-0.3, -0.25) is 14.4 Å². The molecule has 3 amide bonds. The number of carboxylic acid groups (broad SMARTS) is 1. The molecule has 1 saturated heterocycles. The van der Waals surface area contributed by atoms with Crippen LogP contribution in [0.3, 0.4) is 0 Å². The van der Waals surface area contributed by atoms with Crippen LogP contribution in [0.4, 0.5) is 0 Å². The van der Waals surface area contributed by atoms with Gasteiger partial charge in [0.25, 0.3) is 0 Å². The molecule has 1 fully saturated rings. The number of likely N-dealkylation sites (tertiary alicyclic amines) is 1. The summed E-state index contributed by atoms with van der Waals surface area (Å²) in [7, 11) is 0. The van der Waals surface area contributed by atoms with Gasteiger partial charge in [-0.2, -0.15) is 25.3 Å². The van der Waals surface area contributed by atoms with E-state index in [1.807, 2.05) is 13.8 Å². The van der Waals surface area contributed by atoms with Gasteiger partial charge in [0.2, 0.25) is 17.7 Å². The molecule has 1 aliphatic heterocycles. The highest BCUT2D eigenvalue weighted by molar-refractivity contribution is 7.80. The van der Waals surface area contributed by atoms with Crippen molar-refractivity contribution in [2.45, 2.75) is 57.3 Å². The van der Waals surface area contributed by atoms with Crippen molar-refractivity contribution in [3.05, 3.63) is 0 Å². The highest BCUT2D eigenvalue weighted by Gasteiger charge is 2.37. The van der Waals surface area contributed by atoms with E-state index in [0.717, 1.165) is 0 Å². The molecule has 5 N–H and O–H groups in total. The normalized spacial score (nSPS) is 19.8. The third-order valence-corrected chi connectivity index (χ3v) is 5.23. The van der Waals surface area contributed by atoms with Crippen LogP contribution in [0, 0.1) is 5.92 Å². The van der Waals surface area contributed by atoms with Crippen LogP contribution < -0.4 is 16.4 Å². The van der Waals surface area contributed by atoms with Gasteiger partial charge in [-0.1, -0.05) is 13.8 Å². The lowest BCUT2D eigenvalue weighted by Gasteiger charge is -2.28. The molecule has 0 aromatic carbocycles. The minimum Gasteiger partial charge on any atom is -0.480 e. The summed E-state index contributed by atoms with van der Waals surface area (Å²) in [6, 6.07) is -3.63. The van der Waals surface area contributed by atoms with E-state index in [4.69, 9.17) is 5.73 Å². The molecule has 0 saturated carbocycles. The molecular formula is C17H30N4O5S2. The maximum atomic E-state index is 12.7. The van der Waals surface area contributed by atoms with Gasteiger partial charge >= 0.3 is 5.97 Å². The van der Waals surface area contributed by atoms with Crippen molar-refractivity contribution in [2.75, 3.05) is 18.1 Å². The van der Waals surface area contributed by atoms with Crippen LogP contribution in [-0.2, 0) is 19.2 Å². The number of rotatable bonds is 10. The molecule has 0 spiro atoms. The monoisotopic (exact) mass is 434 g/mol. The number of carboxylic acids is 1. The van der Waals surface area contributed by atoms with Crippen LogP contribution in [0.5, 0.6) is 0 Å². The number of hydrogen-bond donors (Lipinski definition) is 6. The van der Waals surface area contributed by atoms with Crippen molar-refractivity contribution >= 4 is 48.9 Å². The average molecular weight is 435 g/mol. The van der Waals surface area contributed by atoms with E-state index >= 15 is 0 Å². The van der Waals surface area contributed by atoms with Gasteiger partial charge in [-0.05, 0) is 25.2 Å². The fourth-order valence-electron chi connectivity index (χ4n) is 3.03. The van der Waals surface area contributed by atoms with E-state index in [9.17, 15) is 24.3 Å². The summed E-state index contributed by atoms with van der Waals surface area (Å²) in [5.74, 6) is -2.42. The quantitative estimate of drug-likeness (QED) is 0.250. The van der Waals surface area contributed by atoms with Crippen LogP contribution in [0.1, 0.15) is 33.1 Å². The molecule has 160 valence electrons. The van der Waals surface area contributed by atoms with Crippen molar-refractivity contribution in [1.29, 1.82) is 0 Å². The van der Waals surface area contributed by atoms with Crippen molar-refractivity contribution in [1.82, 2.24) is 15.5 Å². The van der Waals surface area contributed by atoms with Crippen molar-refractivity contribution < 1.29 is 24.3 Å². The Morgan fingerprint density at radius 1 is 1.11 bits per heavy atom. The third-order valence-electron chi connectivity index (χ3n) is 4.50. The lowest BCUT2D eigenvalue weighted by Crippen LogP contribution is -2.58. The zero-order valence-corrected chi connectivity index (χ0v) is 17.9. The summed E-state index contributed by atoms with van der Waals surface area (Å²) in [5.41, 5.74) is 5.83. The van der Waals surface area contributed by atoms with Gasteiger partial charge in [0.15, 0.2) is 0 Å². The largest absolute Gasteiger partial charge is 0.480 e. The molecular weight excluding hydrogens is 404 g/mol. The smallest absolute Gasteiger partial charge is 0.326 e. The Balaban J connectivity index is 2.73. The van der Waals surface area contributed by atoms with Crippen molar-refractivity contribution in [3.8, 4) is 0 Å². The lowest BCUT2D eigenvalue weighted by atomic mass is 10.0. The summed E-state index contributed by atoms with van der Waals surface area (Å²) >= 11 is 8.20. The first kappa shape index (κ1) is 24.6. The van der Waals surface area contributed by atoms with Gasteiger partial charge in [-0.15, -0.1) is 0 Å². The number of aliphatic carboxylic acids is 1. The van der Waals surface area contributed by atoms with Gasteiger partial charge in [0, 0.05) is 18.1 Å². The SMILES string of the molecule is CC(C)CC(N)C(=O)NC(CS)C(=O)NC(CS)C(=O)N1CCCC1C(=O)O. The maximum absolute atomic E-state index is 12.7. The van der Waals surface area contributed by atoms with E-state index in [1.54, 1.807) is 0 Å². The highest BCUT2D eigenvalue weighted by Crippen LogP contribution is 2.18. The number of hydrogen-bond acceptors (Lipinski definition) is 7. The fraction of sp³-hybridized carbons (Fsp3) is 0.765. The Morgan fingerprint density at radius 3 is 2.18 bits per heavy atom. The molecule has 1 rings (SSSR count). The second-order valence-electron chi connectivity index (χ2n) is 7.25. The Bertz CT molecular complexity index is 590. The number of carbonyl (C=O) groups excluding carboxylic acids is 3. The highest BCUT2D eigenvalue weighted by atomic mass is 32.1. The Morgan fingerprint density at radius 2 is 1.68 bits per heavy atom. The predicted octanol–water partition coefficient (Wildman–Crippen LogP) is -0.735. The molecule has 0 aliphatic carbocycles. The van der Waals surface area contributed by atoms with Crippen LogP contribution in [0.25, 0.3) is 0 Å². The van der Waals surface area contributed by atoms with Crippen LogP contribution >= 0.6 is 25.3 Å².